The van der Waals surface area contributed by atoms with E-state index >= 15 is 0 Å². The van der Waals surface area contributed by atoms with E-state index in [4.69, 9.17) is 12.2 Å². The van der Waals surface area contributed by atoms with Crippen molar-refractivity contribution in [1.82, 2.24) is 24.3 Å². The van der Waals surface area contributed by atoms with Crippen molar-refractivity contribution in [2.45, 2.75) is 0 Å². The van der Waals surface area contributed by atoms with Crippen molar-refractivity contribution < 1.29 is 9.53 Å². The Morgan fingerprint density at radius 1 is 1.21 bits per heavy atom. The van der Waals surface area contributed by atoms with E-state index in [2.05, 4.69) is 19.8 Å². The van der Waals surface area contributed by atoms with Gasteiger partial charge in [0.25, 0.3) is 5.56 Å². The fourth-order valence-electron chi connectivity index (χ4n) is 2.15. The summed E-state index contributed by atoms with van der Waals surface area (Å²) >= 11 is 5.29. The molecule has 0 fully saturated rings. The summed E-state index contributed by atoms with van der Waals surface area (Å²) in [6.45, 7) is 0. The smallest absolute Gasteiger partial charge is 0.437 e. The SMILES string of the molecule is COC(=O)n1nc(-c2cc(=O)[nH]c(=O)[nH]2)n(-c2ccccc2)c1=S. The van der Waals surface area contributed by atoms with Gasteiger partial charge in [-0.15, -0.1) is 9.78 Å². The topological polar surface area (TPSA) is 115 Å². The van der Waals surface area contributed by atoms with Crippen LogP contribution in [0.1, 0.15) is 0 Å². The van der Waals surface area contributed by atoms with Gasteiger partial charge in [-0.25, -0.2) is 9.59 Å². The highest BCUT2D eigenvalue weighted by Crippen LogP contribution is 2.19. The quantitative estimate of drug-likeness (QED) is 0.671. The van der Waals surface area contributed by atoms with Crippen LogP contribution in [0.2, 0.25) is 0 Å². The third kappa shape index (κ3) is 2.70. The van der Waals surface area contributed by atoms with Gasteiger partial charge in [0.15, 0.2) is 5.82 Å². The number of H-pyrrole nitrogens is 2. The van der Waals surface area contributed by atoms with Gasteiger partial charge in [0.2, 0.25) is 4.77 Å². The number of ether oxygens (including phenoxy) is 1. The number of carbonyl (C=O) groups is 1. The number of nitrogens with one attached hydrogen (secondary N) is 2. The normalized spacial score (nSPS) is 10.5. The summed E-state index contributed by atoms with van der Waals surface area (Å²) in [6, 6.07) is 10.0. The second-order valence-corrected chi connectivity index (χ2v) is 5.03. The number of aromatic amines is 2. The number of carbonyl (C=O) groups excluding carboxylic acids is 1. The molecule has 3 aromatic rings. The van der Waals surface area contributed by atoms with Crippen LogP contribution in [0.25, 0.3) is 17.2 Å². The minimum absolute atomic E-state index is 0.0316. The van der Waals surface area contributed by atoms with Crippen LogP contribution < -0.4 is 11.2 Å². The predicted octanol–water partition coefficient (Wildman–Crippen LogP) is 1.06. The van der Waals surface area contributed by atoms with Gasteiger partial charge in [-0.3, -0.25) is 14.3 Å². The van der Waals surface area contributed by atoms with Gasteiger partial charge >= 0.3 is 11.8 Å². The van der Waals surface area contributed by atoms with Gasteiger partial charge in [-0.05, 0) is 24.4 Å². The lowest BCUT2D eigenvalue weighted by Crippen LogP contribution is -2.22. The number of para-hydroxylation sites is 1. The van der Waals surface area contributed by atoms with Gasteiger partial charge in [-0.2, -0.15) is 0 Å². The first-order valence-electron chi connectivity index (χ1n) is 6.71. The minimum atomic E-state index is -0.789. The first-order chi connectivity index (χ1) is 11.5. The monoisotopic (exact) mass is 345 g/mol. The van der Waals surface area contributed by atoms with Gasteiger partial charge < -0.3 is 9.72 Å². The third-order valence-electron chi connectivity index (χ3n) is 3.14. The van der Waals surface area contributed by atoms with Crippen molar-refractivity contribution in [3.05, 3.63) is 62.0 Å². The number of nitrogens with zero attached hydrogens (tertiary/aromatic N) is 3. The van der Waals surface area contributed by atoms with Crippen LogP contribution in [0.4, 0.5) is 4.79 Å². The maximum atomic E-state index is 11.9. The van der Waals surface area contributed by atoms with Crippen LogP contribution in [0.3, 0.4) is 0 Å². The fourth-order valence-corrected chi connectivity index (χ4v) is 2.45. The lowest BCUT2D eigenvalue weighted by atomic mass is 10.3. The molecule has 0 aliphatic carbocycles. The van der Waals surface area contributed by atoms with E-state index in [9.17, 15) is 14.4 Å². The molecular formula is C14H11N5O4S. The molecular weight excluding hydrogens is 334 g/mol. The van der Waals surface area contributed by atoms with Crippen LogP contribution in [0, 0.1) is 4.77 Å². The summed E-state index contributed by atoms with van der Waals surface area (Å²) in [5, 5.41) is 4.09. The number of hydrogen-bond acceptors (Lipinski definition) is 6. The van der Waals surface area contributed by atoms with Crippen LogP contribution in [0.5, 0.6) is 0 Å². The van der Waals surface area contributed by atoms with E-state index in [-0.39, 0.29) is 16.3 Å². The van der Waals surface area contributed by atoms with E-state index in [1.165, 1.54) is 11.7 Å². The van der Waals surface area contributed by atoms with Crippen molar-refractivity contribution >= 4 is 18.3 Å². The van der Waals surface area contributed by atoms with E-state index < -0.39 is 17.3 Å². The highest BCUT2D eigenvalue weighted by Gasteiger charge is 2.19. The molecule has 0 amide bonds. The van der Waals surface area contributed by atoms with Gasteiger partial charge in [0.05, 0.1) is 18.5 Å². The Morgan fingerprint density at radius 3 is 2.54 bits per heavy atom. The van der Waals surface area contributed by atoms with Gasteiger partial charge in [-0.1, -0.05) is 18.2 Å². The molecule has 0 radical (unpaired) electrons. The predicted molar refractivity (Wildman–Crippen MR) is 86.9 cm³/mol. The Balaban J connectivity index is 2.36. The molecule has 0 atom stereocenters. The van der Waals surface area contributed by atoms with E-state index in [1.807, 2.05) is 6.07 Å². The summed E-state index contributed by atoms with van der Waals surface area (Å²) in [6.07, 6.45) is -0.789. The van der Waals surface area contributed by atoms with Crippen molar-refractivity contribution in [2.75, 3.05) is 7.11 Å². The molecule has 0 aliphatic heterocycles. The lowest BCUT2D eigenvalue weighted by Gasteiger charge is -2.05. The number of methoxy groups -OCH3 is 1. The average Bonchev–Trinajstić information content (AvgIpc) is 2.91. The molecule has 24 heavy (non-hydrogen) atoms. The Hall–Kier alpha value is -3.27. The molecule has 3 rings (SSSR count). The highest BCUT2D eigenvalue weighted by atomic mass is 32.1. The Morgan fingerprint density at radius 2 is 1.92 bits per heavy atom. The fraction of sp³-hybridized carbons (Fsp3) is 0.0714. The van der Waals surface area contributed by atoms with Crippen LogP contribution in [-0.4, -0.2) is 37.5 Å². The Bertz CT molecular complexity index is 1050. The van der Waals surface area contributed by atoms with E-state index in [0.29, 0.717) is 5.69 Å². The molecule has 10 heteroatoms. The summed E-state index contributed by atoms with van der Waals surface area (Å²) in [4.78, 5) is 39.5. The maximum Gasteiger partial charge on any atom is 0.437 e. The molecule has 0 bridgehead atoms. The summed E-state index contributed by atoms with van der Waals surface area (Å²) in [5.41, 5.74) is -0.585. The maximum absolute atomic E-state index is 11.9. The van der Waals surface area contributed by atoms with E-state index in [1.54, 1.807) is 24.3 Å². The summed E-state index contributed by atoms with van der Waals surface area (Å²) in [7, 11) is 1.19. The number of benzene rings is 1. The summed E-state index contributed by atoms with van der Waals surface area (Å²) < 4.78 is 7.01. The molecule has 9 nitrogen and oxygen atoms in total. The van der Waals surface area contributed by atoms with Gasteiger partial charge in [0.1, 0.15) is 0 Å². The molecule has 0 saturated heterocycles. The van der Waals surface area contributed by atoms with E-state index in [0.717, 1.165) is 10.7 Å². The number of rotatable bonds is 2. The second-order valence-electron chi connectivity index (χ2n) is 4.66. The molecule has 0 aliphatic rings. The molecule has 0 spiro atoms. The zero-order valence-corrected chi connectivity index (χ0v) is 13.2. The van der Waals surface area contributed by atoms with Crippen molar-refractivity contribution in [2.24, 2.45) is 0 Å². The standard InChI is InChI=1S/C14H11N5O4S/c1-23-14(22)19-13(24)18(8-5-3-2-4-6-8)11(17-19)9-7-10(20)16-12(21)15-9/h2-7H,1H3,(H2,15,16,20,21). The van der Waals surface area contributed by atoms with Crippen molar-refractivity contribution in [1.29, 1.82) is 0 Å². The molecule has 2 N–H and O–H groups in total. The van der Waals surface area contributed by atoms with Crippen LogP contribution >= 0.6 is 12.2 Å². The minimum Gasteiger partial charge on any atom is -0.451 e. The summed E-state index contributed by atoms with van der Waals surface area (Å²) in [5.74, 6) is 0.125. The zero-order valence-electron chi connectivity index (χ0n) is 12.3. The number of aromatic nitrogens is 5. The Kier molecular flexibility index (Phi) is 3.96. The molecule has 0 unspecified atom stereocenters. The largest absolute Gasteiger partial charge is 0.451 e. The van der Waals surface area contributed by atoms with Gasteiger partial charge in [0, 0.05) is 6.07 Å². The number of hydrogen-bond donors (Lipinski definition) is 2. The van der Waals surface area contributed by atoms with Crippen molar-refractivity contribution in [3.8, 4) is 17.2 Å². The third-order valence-corrected chi connectivity index (χ3v) is 3.50. The molecule has 2 aromatic heterocycles. The Labute approximate surface area is 139 Å². The molecule has 122 valence electrons. The molecule has 0 saturated carbocycles. The molecule has 1 aromatic carbocycles. The first-order valence-corrected chi connectivity index (χ1v) is 7.12. The zero-order chi connectivity index (χ0) is 17.3. The second kappa shape index (κ2) is 6.08. The average molecular weight is 345 g/mol. The van der Waals surface area contributed by atoms with Crippen LogP contribution in [-0.2, 0) is 4.74 Å². The highest BCUT2D eigenvalue weighted by molar-refractivity contribution is 7.71. The van der Waals surface area contributed by atoms with Crippen molar-refractivity contribution in [3.63, 3.8) is 0 Å². The first kappa shape index (κ1) is 15.6. The van der Waals surface area contributed by atoms with Crippen LogP contribution in [0.15, 0.2) is 46.0 Å². The lowest BCUT2D eigenvalue weighted by molar-refractivity contribution is 0.168. The molecule has 2 heterocycles.